The number of para-hydroxylation sites is 1. The highest BCUT2D eigenvalue weighted by Gasteiger charge is 2.46. The molecule has 2 atom stereocenters. The molecule has 2 amide bonds. The van der Waals surface area contributed by atoms with Crippen LogP contribution in [0.15, 0.2) is 79.0 Å². The maximum atomic E-state index is 14.6. The summed E-state index contributed by atoms with van der Waals surface area (Å²) in [5, 5.41) is 1.05. The first-order chi connectivity index (χ1) is 20.0. The number of methoxy groups -OCH3 is 2. The number of nitrogens with zero attached hydrogens (tertiary/aromatic N) is 4. The van der Waals surface area contributed by atoms with Crippen molar-refractivity contribution in [1.29, 1.82) is 0 Å². The molecule has 212 valence electrons. The maximum absolute atomic E-state index is 14.6. The molecule has 0 N–H and O–H groups in total. The van der Waals surface area contributed by atoms with Gasteiger partial charge in [0.05, 0.1) is 25.7 Å². The largest absolute Gasteiger partial charge is 0.497 e. The van der Waals surface area contributed by atoms with Crippen molar-refractivity contribution in [1.82, 2.24) is 14.4 Å². The molecule has 1 aromatic heterocycles. The second-order valence-electron chi connectivity index (χ2n) is 10.7. The Kier molecular flexibility index (Phi) is 7.41. The van der Waals surface area contributed by atoms with E-state index in [1.807, 2.05) is 65.4 Å². The van der Waals surface area contributed by atoms with Crippen molar-refractivity contribution in [3.05, 3.63) is 95.7 Å². The normalized spacial score (nSPS) is 19.0. The molecular weight excluding hydrogens is 516 g/mol. The van der Waals surface area contributed by atoms with Crippen LogP contribution in [0, 0.1) is 0 Å². The predicted octanol–water partition coefficient (Wildman–Crippen LogP) is 4.46. The fourth-order valence-corrected chi connectivity index (χ4v) is 6.42. The average Bonchev–Trinajstić information content (AvgIpc) is 3.36. The van der Waals surface area contributed by atoms with Crippen LogP contribution in [0.4, 0.5) is 5.69 Å². The summed E-state index contributed by atoms with van der Waals surface area (Å²) < 4.78 is 12.8. The smallest absolute Gasteiger partial charge is 0.254 e. The van der Waals surface area contributed by atoms with Crippen LogP contribution in [-0.2, 0) is 16.6 Å². The fourth-order valence-electron chi connectivity index (χ4n) is 6.42. The molecule has 3 heterocycles. The highest BCUT2D eigenvalue weighted by Crippen LogP contribution is 2.46. The van der Waals surface area contributed by atoms with Gasteiger partial charge < -0.3 is 28.7 Å². The third-order valence-electron chi connectivity index (χ3n) is 8.52. The number of rotatable bonds is 7. The molecule has 2 unspecified atom stereocenters. The van der Waals surface area contributed by atoms with Gasteiger partial charge in [-0.15, -0.1) is 0 Å². The molecule has 0 bridgehead atoms. The first kappa shape index (κ1) is 26.9. The second-order valence-corrected chi connectivity index (χ2v) is 10.7. The van der Waals surface area contributed by atoms with E-state index in [2.05, 4.69) is 39.9 Å². The SMILES string of the molecule is COCCN1C(=O)c2ccccc2C(C(=O)N2CCN(c3ccc(OC)cc3)CC2)C1c1cn(C)c2ccccc12. The van der Waals surface area contributed by atoms with Gasteiger partial charge in [-0.25, -0.2) is 0 Å². The summed E-state index contributed by atoms with van der Waals surface area (Å²) in [5.74, 6) is 0.285. The van der Waals surface area contributed by atoms with Crippen molar-refractivity contribution < 1.29 is 19.1 Å². The fraction of sp³-hybridized carbons (Fsp3) is 0.333. The van der Waals surface area contributed by atoms with Gasteiger partial charge in [0.25, 0.3) is 5.91 Å². The molecule has 6 rings (SSSR count). The number of carbonyl (C=O) groups excluding carboxylic acids is 2. The number of fused-ring (bicyclic) bond motifs is 2. The summed E-state index contributed by atoms with van der Waals surface area (Å²) in [4.78, 5) is 34.7. The van der Waals surface area contributed by atoms with Gasteiger partial charge in [-0.2, -0.15) is 0 Å². The number of amides is 2. The Morgan fingerprint density at radius 3 is 2.32 bits per heavy atom. The molecule has 8 heteroatoms. The number of carbonyl (C=O) groups is 2. The Balaban J connectivity index is 1.38. The lowest BCUT2D eigenvalue weighted by atomic mass is 9.78. The van der Waals surface area contributed by atoms with Crippen LogP contribution in [0.3, 0.4) is 0 Å². The lowest BCUT2D eigenvalue weighted by Crippen LogP contribution is -2.53. The molecule has 0 saturated carbocycles. The molecule has 2 aliphatic heterocycles. The van der Waals surface area contributed by atoms with Crippen molar-refractivity contribution in [3.63, 3.8) is 0 Å². The number of ether oxygens (including phenoxy) is 2. The summed E-state index contributed by atoms with van der Waals surface area (Å²) in [5.41, 5.74) is 4.56. The molecule has 0 spiro atoms. The summed E-state index contributed by atoms with van der Waals surface area (Å²) in [6, 6.07) is 23.4. The molecule has 1 fully saturated rings. The van der Waals surface area contributed by atoms with Crippen molar-refractivity contribution in [2.45, 2.75) is 12.0 Å². The molecule has 0 radical (unpaired) electrons. The standard InChI is InChI=1S/C33H36N4O4/c1-34-22-28(25-8-6-7-11-29(25)34)31-30(26-9-4-5-10-27(26)32(38)37(31)20-21-40-2)33(39)36-18-16-35(17-19-36)23-12-14-24(41-3)15-13-23/h4-15,22,30-31H,16-21H2,1-3H3. The van der Waals surface area contributed by atoms with E-state index in [1.54, 1.807) is 14.2 Å². The monoisotopic (exact) mass is 552 g/mol. The van der Waals surface area contributed by atoms with Gasteiger partial charge in [0.15, 0.2) is 0 Å². The molecule has 1 saturated heterocycles. The van der Waals surface area contributed by atoms with Crippen molar-refractivity contribution >= 4 is 28.4 Å². The van der Waals surface area contributed by atoms with Crippen LogP contribution in [-0.4, -0.2) is 79.7 Å². The zero-order valence-electron chi connectivity index (χ0n) is 23.8. The Hall–Kier alpha value is -4.30. The van der Waals surface area contributed by atoms with Gasteiger partial charge in [-0.05, 0) is 42.0 Å². The minimum atomic E-state index is -0.529. The molecule has 41 heavy (non-hydrogen) atoms. The first-order valence-corrected chi connectivity index (χ1v) is 14.1. The molecule has 4 aromatic rings. The number of piperazine rings is 1. The molecule has 0 aliphatic carbocycles. The van der Waals surface area contributed by atoms with Gasteiger partial charge in [-0.3, -0.25) is 9.59 Å². The van der Waals surface area contributed by atoms with Gasteiger partial charge in [0.1, 0.15) is 5.75 Å². The Morgan fingerprint density at radius 1 is 0.878 bits per heavy atom. The van der Waals surface area contributed by atoms with Gasteiger partial charge in [0.2, 0.25) is 5.91 Å². The second kappa shape index (κ2) is 11.3. The lowest BCUT2D eigenvalue weighted by molar-refractivity contribution is -0.135. The van der Waals surface area contributed by atoms with Crippen LogP contribution >= 0.6 is 0 Å². The van der Waals surface area contributed by atoms with E-state index in [-0.39, 0.29) is 11.8 Å². The lowest BCUT2D eigenvalue weighted by Gasteiger charge is -2.44. The Labute approximate surface area is 240 Å². The summed E-state index contributed by atoms with van der Waals surface area (Å²) >= 11 is 0. The molecule has 8 nitrogen and oxygen atoms in total. The predicted molar refractivity (Wildman–Crippen MR) is 160 cm³/mol. The van der Waals surface area contributed by atoms with E-state index in [1.165, 1.54) is 0 Å². The number of aryl methyl sites for hydroxylation is 1. The van der Waals surface area contributed by atoms with Crippen LogP contribution in [0.5, 0.6) is 5.75 Å². The van der Waals surface area contributed by atoms with Gasteiger partial charge >= 0.3 is 0 Å². The molecule has 2 aliphatic rings. The zero-order valence-corrected chi connectivity index (χ0v) is 23.8. The highest BCUT2D eigenvalue weighted by molar-refractivity contribution is 6.02. The number of hydrogen-bond acceptors (Lipinski definition) is 5. The van der Waals surface area contributed by atoms with E-state index in [9.17, 15) is 9.59 Å². The van der Waals surface area contributed by atoms with Gasteiger partial charge in [0, 0.05) is 80.8 Å². The molecule has 3 aromatic carbocycles. The number of anilines is 1. The summed E-state index contributed by atoms with van der Waals surface area (Å²) in [6.07, 6.45) is 2.08. The van der Waals surface area contributed by atoms with E-state index < -0.39 is 12.0 Å². The first-order valence-electron chi connectivity index (χ1n) is 14.1. The van der Waals surface area contributed by atoms with Crippen molar-refractivity contribution in [3.8, 4) is 5.75 Å². The minimum absolute atomic E-state index is 0.0553. The van der Waals surface area contributed by atoms with E-state index in [4.69, 9.17) is 9.47 Å². The number of hydrogen-bond donors (Lipinski definition) is 0. The zero-order chi connectivity index (χ0) is 28.5. The Morgan fingerprint density at radius 2 is 1.59 bits per heavy atom. The van der Waals surface area contributed by atoms with E-state index in [0.717, 1.165) is 46.6 Å². The minimum Gasteiger partial charge on any atom is -0.497 e. The third kappa shape index (κ3) is 4.82. The van der Waals surface area contributed by atoms with Crippen LogP contribution in [0.1, 0.15) is 33.4 Å². The average molecular weight is 553 g/mol. The van der Waals surface area contributed by atoms with Crippen molar-refractivity contribution in [2.75, 3.05) is 58.5 Å². The Bertz CT molecular complexity index is 1560. The summed E-state index contributed by atoms with van der Waals surface area (Å²) in [6.45, 7) is 3.47. The van der Waals surface area contributed by atoms with Crippen molar-refractivity contribution in [2.24, 2.45) is 7.05 Å². The number of benzene rings is 3. The van der Waals surface area contributed by atoms with Gasteiger partial charge in [-0.1, -0.05) is 36.4 Å². The quantitative estimate of drug-likeness (QED) is 0.339. The van der Waals surface area contributed by atoms with E-state index in [0.29, 0.717) is 31.8 Å². The van der Waals surface area contributed by atoms with Crippen LogP contribution < -0.4 is 9.64 Å². The highest BCUT2D eigenvalue weighted by atomic mass is 16.5. The van der Waals surface area contributed by atoms with Crippen LogP contribution in [0.2, 0.25) is 0 Å². The molecular formula is C33H36N4O4. The number of aromatic nitrogens is 1. The van der Waals surface area contributed by atoms with E-state index >= 15 is 0 Å². The maximum Gasteiger partial charge on any atom is 0.254 e. The van der Waals surface area contributed by atoms with Crippen LogP contribution in [0.25, 0.3) is 10.9 Å². The summed E-state index contributed by atoms with van der Waals surface area (Å²) in [7, 11) is 5.32. The topological polar surface area (TPSA) is 67.2 Å². The third-order valence-corrected chi connectivity index (χ3v) is 8.52.